The standard InChI is InChI=1S/C12H17N7O5S/c1-18-5-6-19(2)12(18)25(21,22)17-16-11(20)15-10-13-8(23-3)7-9(14-10)24-4/h5-7,12H,1-4H3,(H,13,14,15,20). The van der Waals surface area contributed by atoms with Crippen molar-refractivity contribution in [1.29, 1.82) is 0 Å². The molecule has 1 aliphatic heterocycles. The minimum atomic E-state index is -4.07. The van der Waals surface area contributed by atoms with Crippen LogP contribution in [0.1, 0.15) is 0 Å². The molecule has 136 valence electrons. The topological polar surface area (TPSA) is 139 Å². The van der Waals surface area contributed by atoms with Gasteiger partial charge < -0.3 is 19.3 Å². The highest BCUT2D eigenvalue weighted by Gasteiger charge is 2.34. The summed E-state index contributed by atoms with van der Waals surface area (Å²) >= 11 is 0. The zero-order chi connectivity index (χ0) is 18.6. The molecular formula is C12H17N7O5S. The number of methoxy groups -OCH3 is 2. The number of nitrogens with one attached hydrogen (secondary N) is 1. The zero-order valence-electron chi connectivity index (χ0n) is 13.9. The Kier molecular flexibility index (Phi) is 5.36. The van der Waals surface area contributed by atoms with Crippen molar-refractivity contribution >= 4 is 22.0 Å². The van der Waals surface area contributed by atoms with Crippen molar-refractivity contribution in [3.05, 3.63) is 18.5 Å². The third-order valence-electron chi connectivity index (χ3n) is 3.06. The molecule has 1 aromatic rings. The second kappa shape index (κ2) is 7.29. The predicted octanol–water partition coefficient (Wildman–Crippen LogP) is 0.440. The summed E-state index contributed by atoms with van der Waals surface area (Å²) in [7, 11) is 1.81. The highest BCUT2D eigenvalue weighted by molar-refractivity contribution is 7.90. The number of amides is 2. The molecule has 0 unspecified atom stereocenters. The van der Waals surface area contributed by atoms with E-state index in [-0.39, 0.29) is 17.7 Å². The maximum atomic E-state index is 12.2. The van der Waals surface area contributed by atoms with Crippen LogP contribution >= 0.6 is 0 Å². The summed E-state index contributed by atoms with van der Waals surface area (Å²) in [6.45, 7) is 0. The van der Waals surface area contributed by atoms with Gasteiger partial charge in [-0.2, -0.15) is 18.4 Å². The molecule has 0 atom stereocenters. The Morgan fingerprint density at radius 1 is 1.16 bits per heavy atom. The van der Waals surface area contributed by atoms with Crippen LogP contribution in [0, 0.1) is 0 Å². The van der Waals surface area contributed by atoms with Crippen LogP contribution in [-0.4, -0.2) is 68.0 Å². The van der Waals surface area contributed by atoms with Gasteiger partial charge in [0.15, 0.2) is 0 Å². The van der Waals surface area contributed by atoms with Gasteiger partial charge in [-0.15, -0.1) is 0 Å². The van der Waals surface area contributed by atoms with Crippen LogP contribution in [0.3, 0.4) is 0 Å². The van der Waals surface area contributed by atoms with Crippen LogP contribution in [0.4, 0.5) is 10.7 Å². The van der Waals surface area contributed by atoms with Crippen LogP contribution in [0.2, 0.25) is 0 Å². The molecule has 0 fully saturated rings. The Hall–Kier alpha value is -2.96. The first-order valence-corrected chi connectivity index (χ1v) is 8.34. The SMILES string of the molecule is COc1cc(OC)nc(NC(=O)N=NS(=O)(=O)C2N(C)C=CN2C)n1. The lowest BCUT2D eigenvalue weighted by Crippen LogP contribution is -2.40. The number of rotatable bonds is 5. The van der Waals surface area contributed by atoms with E-state index < -0.39 is 21.6 Å². The minimum absolute atomic E-state index is 0.145. The number of carbonyl (C=O) groups excluding carboxylic acids is 1. The monoisotopic (exact) mass is 371 g/mol. The Morgan fingerprint density at radius 3 is 2.16 bits per heavy atom. The van der Waals surface area contributed by atoms with Gasteiger partial charge in [-0.3, -0.25) is 5.32 Å². The largest absolute Gasteiger partial charge is 0.481 e. The molecule has 0 aromatic carbocycles. The number of hydrogen-bond donors (Lipinski definition) is 1. The molecule has 2 heterocycles. The fraction of sp³-hybridized carbons (Fsp3) is 0.417. The van der Waals surface area contributed by atoms with E-state index in [1.54, 1.807) is 26.5 Å². The van der Waals surface area contributed by atoms with Crippen LogP contribution in [0.15, 0.2) is 28.1 Å². The smallest absolute Gasteiger partial charge is 0.367 e. The van der Waals surface area contributed by atoms with E-state index in [2.05, 4.69) is 24.9 Å². The van der Waals surface area contributed by atoms with Gasteiger partial charge in [-0.05, 0) is 0 Å². The van der Waals surface area contributed by atoms with Gasteiger partial charge in [-0.25, -0.2) is 4.79 Å². The molecule has 25 heavy (non-hydrogen) atoms. The molecule has 2 amide bonds. The summed E-state index contributed by atoms with van der Waals surface area (Å²) < 4.78 is 37.4. The van der Waals surface area contributed by atoms with E-state index in [9.17, 15) is 13.2 Å². The van der Waals surface area contributed by atoms with E-state index in [1.807, 2.05) is 0 Å². The number of anilines is 1. The lowest BCUT2D eigenvalue weighted by molar-refractivity contribution is 0.258. The Balaban J connectivity index is 2.11. The van der Waals surface area contributed by atoms with Crippen molar-refractivity contribution in [1.82, 2.24) is 19.8 Å². The number of hydrogen-bond acceptors (Lipinski definition) is 9. The first kappa shape index (κ1) is 18.4. The summed E-state index contributed by atoms with van der Waals surface area (Å²) in [5, 5.41) is 5.35. The van der Waals surface area contributed by atoms with Gasteiger partial charge in [0.2, 0.25) is 23.2 Å². The molecule has 12 nitrogen and oxygen atoms in total. The predicted molar refractivity (Wildman–Crippen MR) is 86.4 cm³/mol. The first-order chi connectivity index (χ1) is 11.8. The number of carbonyl (C=O) groups is 1. The normalized spacial score (nSPS) is 15.0. The highest BCUT2D eigenvalue weighted by Crippen LogP contribution is 2.20. The lowest BCUT2D eigenvalue weighted by Gasteiger charge is -2.23. The van der Waals surface area contributed by atoms with E-state index in [0.29, 0.717) is 0 Å². The van der Waals surface area contributed by atoms with Crippen molar-refractivity contribution in [2.45, 2.75) is 5.50 Å². The van der Waals surface area contributed by atoms with Crippen LogP contribution < -0.4 is 14.8 Å². The van der Waals surface area contributed by atoms with Crippen LogP contribution in [-0.2, 0) is 10.0 Å². The van der Waals surface area contributed by atoms with Gasteiger partial charge in [-0.1, -0.05) is 9.63 Å². The van der Waals surface area contributed by atoms with E-state index >= 15 is 0 Å². The van der Waals surface area contributed by atoms with E-state index in [1.165, 1.54) is 30.1 Å². The molecule has 2 rings (SSSR count). The van der Waals surface area contributed by atoms with Gasteiger partial charge in [0, 0.05) is 26.5 Å². The third kappa shape index (κ3) is 4.32. The molecule has 1 aromatic heterocycles. The summed E-state index contributed by atoms with van der Waals surface area (Å²) in [5.41, 5.74) is -1.07. The molecular weight excluding hydrogens is 354 g/mol. The Labute approximate surface area is 144 Å². The molecule has 0 saturated carbocycles. The Morgan fingerprint density at radius 2 is 1.68 bits per heavy atom. The average molecular weight is 371 g/mol. The fourth-order valence-corrected chi connectivity index (χ4v) is 3.24. The minimum Gasteiger partial charge on any atom is -0.481 e. The maximum absolute atomic E-state index is 12.2. The summed E-state index contributed by atoms with van der Waals surface area (Å²) in [6, 6.07) is 0.343. The van der Waals surface area contributed by atoms with Gasteiger partial charge in [0.1, 0.15) is 0 Å². The number of sulfonamides is 1. The molecule has 1 N–H and O–H groups in total. The number of nitrogens with zero attached hydrogens (tertiary/aromatic N) is 6. The second-order valence-corrected chi connectivity index (χ2v) is 6.47. The van der Waals surface area contributed by atoms with Crippen LogP contribution in [0.25, 0.3) is 0 Å². The van der Waals surface area contributed by atoms with Crippen molar-refractivity contribution in [3.63, 3.8) is 0 Å². The first-order valence-electron chi connectivity index (χ1n) is 6.84. The molecule has 0 bridgehead atoms. The average Bonchev–Trinajstić information content (AvgIpc) is 2.92. The molecule has 13 heteroatoms. The van der Waals surface area contributed by atoms with E-state index in [0.717, 1.165) is 0 Å². The zero-order valence-corrected chi connectivity index (χ0v) is 14.8. The van der Waals surface area contributed by atoms with Crippen molar-refractivity contribution in [3.8, 4) is 11.8 Å². The fourth-order valence-electron chi connectivity index (χ4n) is 1.99. The third-order valence-corrected chi connectivity index (χ3v) is 4.57. The molecule has 0 saturated heterocycles. The van der Waals surface area contributed by atoms with Gasteiger partial charge in [0.25, 0.3) is 0 Å². The summed E-state index contributed by atoms with van der Waals surface area (Å²) in [6.07, 6.45) is 3.13. The second-order valence-electron chi connectivity index (χ2n) is 4.86. The highest BCUT2D eigenvalue weighted by atomic mass is 32.2. The quantitative estimate of drug-likeness (QED) is 0.730. The van der Waals surface area contributed by atoms with E-state index in [4.69, 9.17) is 9.47 Å². The molecule has 0 radical (unpaired) electrons. The lowest BCUT2D eigenvalue weighted by atomic mass is 10.6. The van der Waals surface area contributed by atoms with Crippen LogP contribution in [0.5, 0.6) is 11.8 Å². The molecule has 1 aliphatic rings. The molecule has 0 aliphatic carbocycles. The summed E-state index contributed by atoms with van der Waals surface area (Å²) in [5.74, 6) is 0.119. The number of ether oxygens (including phenoxy) is 2. The Bertz CT molecular complexity index is 776. The van der Waals surface area contributed by atoms with Gasteiger partial charge in [0.05, 0.1) is 20.3 Å². The van der Waals surface area contributed by atoms with Crippen molar-refractivity contribution in [2.24, 2.45) is 9.63 Å². The maximum Gasteiger partial charge on any atom is 0.367 e. The number of urea groups is 1. The summed E-state index contributed by atoms with van der Waals surface area (Å²) in [4.78, 5) is 22.4. The van der Waals surface area contributed by atoms with Gasteiger partial charge >= 0.3 is 16.1 Å². The van der Waals surface area contributed by atoms with Crippen molar-refractivity contribution < 1.29 is 22.7 Å². The number of aromatic nitrogens is 2. The molecule has 0 spiro atoms. The van der Waals surface area contributed by atoms with Crippen molar-refractivity contribution in [2.75, 3.05) is 33.6 Å².